The van der Waals surface area contributed by atoms with Crippen molar-refractivity contribution in [3.8, 4) is 0 Å². The van der Waals surface area contributed by atoms with Crippen molar-refractivity contribution >= 4 is 27.9 Å². The van der Waals surface area contributed by atoms with Gasteiger partial charge in [-0.1, -0.05) is 0 Å². The van der Waals surface area contributed by atoms with Crippen molar-refractivity contribution in [2.24, 2.45) is 0 Å². The number of hydrogen-bond donors (Lipinski definition) is 0. The van der Waals surface area contributed by atoms with Gasteiger partial charge in [-0.2, -0.15) is 0 Å². The van der Waals surface area contributed by atoms with E-state index in [0.717, 1.165) is 0 Å². The fraction of sp³-hybridized carbons (Fsp3) is 0.600. The molecular formula is C10H20Cl3Ti. The van der Waals surface area contributed by atoms with E-state index in [0.29, 0.717) is 0 Å². The third kappa shape index (κ3) is 3.28. The molecule has 4 heteroatoms. The first-order valence-corrected chi connectivity index (χ1v) is 20.2. The van der Waals surface area contributed by atoms with Crippen molar-refractivity contribution in [3.05, 3.63) is 24.3 Å². The summed E-state index contributed by atoms with van der Waals surface area (Å²) in [5.41, 5.74) is 0. The van der Waals surface area contributed by atoms with Crippen LogP contribution >= 0.6 is 27.9 Å². The standard InChI is InChI=1S/C5H5.5CH3.3ClH.Ti/c1-2-4-5-3-1;;;;;;;;;/h1-5H;5*1H3;3*1H;/q;;;;;;;;;+3/p-3. The van der Waals surface area contributed by atoms with Crippen LogP contribution in [0.4, 0.5) is 0 Å². The van der Waals surface area contributed by atoms with Crippen LogP contribution in [-0.4, -0.2) is 0 Å². The molecule has 0 aliphatic heterocycles. The van der Waals surface area contributed by atoms with Crippen molar-refractivity contribution in [2.75, 3.05) is 0 Å². The van der Waals surface area contributed by atoms with Crippen LogP contribution < -0.4 is 0 Å². The van der Waals surface area contributed by atoms with Crippen molar-refractivity contribution < 1.29 is 6.99 Å². The number of allylic oxidation sites excluding steroid dienone is 4. The Bertz CT molecular complexity index is 387. The Balaban J connectivity index is 3.92. The molecule has 0 aromatic rings. The topological polar surface area (TPSA) is 0 Å². The first-order chi connectivity index (χ1) is 5.18. The Kier molecular flexibility index (Phi) is 1.16. The van der Waals surface area contributed by atoms with Gasteiger partial charge in [0.15, 0.2) is 0 Å². The third-order valence-corrected chi connectivity index (χ3v) is 12.9. The molecule has 0 atom stereocenters. The Labute approximate surface area is 88.9 Å². The molecule has 0 nitrogen and oxygen atoms in total. The second-order valence-corrected chi connectivity index (χ2v) is 76.0. The molecule has 0 heterocycles. The molecule has 0 fully saturated rings. The molecule has 0 saturated carbocycles. The maximum atomic E-state index is 7.00. The monoisotopic (exact) mass is 293 g/mol. The van der Waals surface area contributed by atoms with E-state index in [1.54, 1.807) is 0 Å². The van der Waals surface area contributed by atoms with Gasteiger partial charge >= 0.3 is 89.6 Å². The van der Waals surface area contributed by atoms with E-state index in [9.17, 15) is 0 Å². The van der Waals surface area contributed by atoms with E-state index in [4.69, 9.17) is 27.9 Å². The first-order valence-electron chi connectivity index (χ1n) is 5.02. The molecule has 85 valence electrons. The zero-order chi connectivity index (χ0) is 11.7. The molecule has 1 rings (SSSR count). The van der Waals surface area contributed by atoms with E-state index in [-0.39, 0.29) is 4.22 Å². The molecule has 0 amide bonds. The van der Waals surface area contributed by atoms with Gasteiger partial charge in [-0.25, -0.2) is 0 Å². The molecule has 0 N–H and O–H groups in total. The van der Waals surface area contributed by atoms with E-state index in [1.807, 2.05) is 50.4 Å². The quantitative estimate of drug-likeness (QED) is 0.488. The summed E-state index contributed by atoms with van der Waals surface area (Å²) in [4.78, 5) is 0. The van der Waals surface area contributed by atoms with Gasteiger partial charge in [-0.05, 0) is 0 Å². The summed E-state index contributed by atoms with van der Waals surface area (Å²) in [6, 6.07) is 0. The summed E-state index contributed by atoms with van der Waals surface area (Å²) in [5, 5.41) is 9.07. The summed E-state index contributed by atoms with van der Waals surface area (Å²) < 4.78 is -0.167. The number of hydrogen-bond acceptors (Lipinski definition) is 0. The molecular weight excluding hydrogens is 274 g/mol. The normalized spacial score (nSPS) is 33.3. The first kappa shape index (κ1) is 13.1. The maximum absolute atomic E-state index is 7.00. The predicted octanol–water partition coefficient (Wildman–Crippen LogP) is 6.44. The van der Waals surface area contributed by atoms with Gasteiger partial charge in [0.05, 0.1) is 0 Å². The van der Waals surface area contributed by atoms with Gasteiger partial charge in [-0.15, -0.1) is 0 Å². The van der Waals surface area contributed by atoms with E-state index >= 15 is 0 Å². The van der Waals surface area contributed by atoms with Gasteiger partial charge in [0.1, 0.15) is 0 Å². The fourth-order valence-corrected chi connectivity index (χ4v) is 7.45. The van der Waals surface area contributed by atoms with Crippen LogP contribution in [0.1, 0.15) is 0 Å². The third-order valence-electron chi connectivity index (χ3n) is 2.79. The zero-order valence-corrected chi connectivity index (χ0v) is 13.3. The van der Waals surface area contributed by atoms with Crippen LogP contribution in [0, 0.1) is 0 Å². The van der Waals surface area contributed by atoms with Crippen LogP contribution in [0.5, 0.6) is 0 Å². The minimum atomic E-state index is -5.81. The predicted molar refractivity (Wildman–Crippen MR) is 68.9 cm³/mol. The van der Waals surface area contributed by atoms with Crippen molar-refractivity contribution in [2.45, 2.75) is 30.4 Å². The summed E-state index contributed by atoms with van der Waals surface area (Å²) in [7, 11) is 21.0. The van der Waals surface area contributed by atoms with Gasteiger partial charge < -0.3 is 0 Å². The molecule has 1 aliphatic carbocycles. The molecule has 1 aliphatic rings. The average molecular weight is 294 g/mol. The Morgan fingerprint density at radius 1 is 0.786 bits per heavy atom. The fourth-order valence-electron chi connectivity index (χ4n) is 1.61. The van der Waals surface area contributed by atoms with Crippen molar-refractivity contribution in [1.82, 2.24) is 0 Å². The molecule has 0 spiro atoms. The van der Waals surface area contributed by atoms with Crippen LogP contribution in [-0.2, 0) is 6.99 Å². The Morgan fingerprint density at radius 2 is 1.07 bits per heavy atom. The van der Waals surface area contributed by atoms with Gasteiger partial charge in [0, 0.05) is 0 Å². The van der Waals surface area contributed by atoms with E-state index < -0.39 is 6.99 Å². The minimum absolute atomic E-state index is 0.167. The second-order valence-electron chi connectivity index (χ2n) is 11.1. The molecule has 0 unspecified atom stereocenters. The molecule has 0 saturated heterocycles. The summed E-state index contributed by atoms with van der Waals surface area (Å²) >= 11 is 0. The van der Waals surface area contributed by atoms with Gasteiger partial charge in [-0.3, -0.25) is 0 Å². The van der Waals surface area contributed by atoms with Crippen LogP contribution in [0.25, 0.3) is 0 Å². The van der Waals surface area contributed by atoms with E-state index in [2.05, 4.69) is 0 Å². The zero-order valence-electron chi connectivity index (χ0n) is 9.52. The second kappa shape index (κ2) is 1.24. The summed E-state index contributed by atoms with van der Waals surface area (Å²) in [6.07, 6.45) is 7.80. The van der Waals surface area contributed by atoms with Crippen LogP contribution in [0.15, 0.2) is 24.3 Å². The SMILES string of the molecule is [CH3][Ti]([CH3])([CH3])([CH3])([CH3])([Cl])([Cl])([Cl])[CH]1C=CC=C1. The molecule has 0 bridgehead atoms. The van der Waals surface area contributed by atoms with Gasteiger partial charge in [0.25, 0.3) is 0 Å². The molecule has 0 aromatic carbocycles. The number of rotatable bonds is 1. The molecule has 14 heavy (non-hydrogen) atoms. The molecule has 0 radical (unpaired) electrons. The van der Waals surface area contributed by atoms with Crippen molar-refractivity contribution in [3.63, 3.8) is 0 Å². The van der Waals surface area contributed by atoms with Crippen molar-refractivity contribution in [1.29, 1.82) is 0 Å². The summed E-state index contributed by atoms with van der Waals surface area (Å²) in [6.45, 7) is -5.81. The van der Waals surface area contributed by atoms with Gasteiger partial charge in [0.2, 0.25) is 0 Å². The Morgan fingerprint density at radius 3 is 1.21 bits per heavy atom. The van der Waals surface area contributed by atoms with E-state index in [1.165, 1.54) is 0 Å². The van der Waals surface area contributed by atoms with Crippen LogP contribution in [0.3, 0.4) is 0 Å². The average Bonchev–Trinajstić information content (AvgIpc) is 1.95. The number of halogens is 3. The summed E-state index contributed by atoms with van der Waals surface area (Å²) in [5.74, 6) is 0. The molecule has 0 aromatic heterocycles. The Hall–Kier alpha value is 1.06. The van der Waals surface area contributed by atoms with Crippen LogP contribution in [0.2, 0.25) is 30.4 Å².